The van der Waals surface area contributed by atoms with Crippen LogP contribution in [0.15, 0.2) is 24.3 Å². The summed E-state index contributed by atoms with van der Waals surface area (Å²) in [5.74, 6) is 0. The van der Waals surface area contributed by atoms with E-state index < -0.39 is 0 Å². The van der Waals surface area contributed by atoms with Crippen LogP contribution in [0.5, 0.6) is 0 Å². The highest BCUT2D eigenvalue weighted by atomic mass is 35.5. The van der Waals surface area contributed by atoms with E-state index in [2.05, 4.69) is 31.1 Å². The van der Waals surface area contributed by atoms with Gasteiger partial charge in [0.25, 0.3) is 0 Å². The van der Waals surface area contributed by atoms with Gasteiger partial charge in [0.2, 0.25) is 6.41 Å². The van der Waals surface area contributed by atoms with Crippen LogP contribution in [-0.4, -0.2) is 30.4 Å². The molecule has 2 atom stereocenters. The number of rotatable bonds is 2. The molecule has 3 fully saturated rings. The SMILES string of the molecule is CCC.CN1C2CCC[C@@H]1C2.O=CNc1ccc(Cl)cc1. The van der Waals surface area contributed by atoms with Crippen LogP contribution in [0.2, 0.25) is 5.02 Å². The Hall–Kier alpha value is -1.06. The van der Waals surface area contributed by atoms with Gasteiger partial charge in [-0.1, -0.05) is 38.3 Å². The van der Waals surface area contributed by atoms with Gasteiger partial charge in [0, 0.05) is 22.8 Å². The number of benzene rings is 1. The van der Waals surface area contributed by atoms with Crippen molar-refractivity contribution < 1.29 is 4.79 Å². The van der Waals surface area contributed by atoms with Crippen molar-refractivity contribution in [3.05, 3.63) is 29.3 Å². The first kappa shape index (κ1) is 18.0. The highest BCUT2D eigenvalue weighted by Crippen LogP contribution is 2.35. The summed E-state index contributed by atoms with van der Waals surface area (Å²) in [6.45, 7) is 4.25. The van der Waals surface area contributed by atoms with E-state index in [9.17, 15) is 4.79 Å². The second kappa shape index (κ2) is 9.80. The highest BCUT2D eigenvalue weighted by molar-refractivity contribution is 6.30. The minimum absolute atomic E-state index is 0.628. The summed E-state index contributed by atoms with van der Waals surface area (Å²) in [6, 6.07) is 8.86. The fourth-order valence-corrected chi connectivity index (χ4v) is 2.78. The third-order valence-electron chi connectivity index (χ3n) is 3.84. The summed E-state index contributed by atoms with van der Waals surface area (Å²) < 4.78 is 0. The number of carbonyl (C=O) groups is 1. The highest BCUT2D eigenvalue weighted by Gasteiger charge is 2.37. The number of hydrogen-bond acceptors (Lipinski definition) is 2. The van der Waals surface area contributed by atoms with Crippen LogP contribution in [0.3, 0.4) is 0 Å². The van der Waals surface area contributed by atoms with E-state index in [0.29, 0.717) is 11.4 Å². The predicted octanol–water partition coefficient (Wildman–Crippen LogP) is 4.57. The monoisotopic (exact) mass is 310 g/mol. The summed E-state index contributed by atoms with van der Waals surface area (Å²) >= 11 is 5.60. The number of fused-ring (bicyclic) bond motifs is 2. The maximum atomic E-state index is 9.92. The molecule has 1 saturated carbocycles. The van der Waals surface area contributed by atoms with Crippen LogP contribution in [0.4, 0.5) is 5.69 Å². The summed E-state index contributed by atoms with van der Waals surface area (Å²) in [7, 11) is 2.26. The number of nitrogens with zero attached hydrogens (tertiary/aromatic N) is 1. The van der Waals surface area contributed by atoms with E-state index in [0.717, 1.165) is 17.8 Å². The molecule has 1 unspecified atom stereocenters. The lowest BCUT2D eigenvalue weighted by Gasteiger charge is -2.50. The first-order valence-corrected chi connectivity index (χ1v) is 8.17. The minimum Gasteiger partial charge on any atom is -0.329 e. The van der Waals surface area contributed by atoms with Gasteiger partial charge in [0.15, 0.2) is 0 Å². The molecule has 118 valence electrons. The Morgan fingerprint density at radius 2 is 1.76 bits per heavy atom. The number of hydrogen-bond donors (Lipinski definition) is 1. The van der Waals surface area contributed by atoms with Crippen molar-refractivity contribution in [1.82, 2.24) is 4.90 Å². The Balaban J connectivity index is 0.000000180. The molecule has 2 heterocycles. The molecule has 0 aromatic heterocycles. The van der Waals surface area contributed by atoms with Crippen LogP contribution < -0.4 is 5.32 Å². The topological polar surface area (TPSA) is 32.3 Å². The van der Waals surface area contributed by atoms with E-state index in [-0.39, 0.29) is 0 Å². The molecular formula is C17H27ClN2O. The molecule has 1 N–H and O–H groups in total. The van der Waals surface area contributed by atoms with Gasteiger partial charge < -0.3 is 10.2 Å². The molecule has 3 nitrogen and oxygen atoms in total. The first-order valence-electron chi connectivity index (χ1n) is 7.80. The molecular weight excluding hydrogens is 284 g/mol. The van der Waals surface area contributed by atoms with Gasteiger partial charge in [-0.15, -0.1) is 0 Å². The van der Waals surface area contributed by atoms with Gasteiger partial charge in [0.1, 0.15) is 0 Å². The lowest BCUT2D eigenvalue weighted by Crippen LogP contribution is -2.56. The van der Waals surface area contributed by atoms with Crippen molar-refractivity contribution in [2.75, 3.05) is 12.4 Å². The molecule has 1 aromatic rings. The Labute approximate surface area is 133 Å². The number of nitrogens with one attached hydrogen (secondary N) is 1. The Bertz CT molecular complexity index is 394. The summed E-state index contributed by atoms with van der Waals surface area (Å²) in [4.78, 5) is 12.4. The van der Waals surface area contributed by atoms with Gasteiger partial charge in [-0.05, 0) is 50.6 Å². The van der Waals surface area contributed by atoms with Crippen molar-refractivity contribution in [3.8, 4) is 0 Å². The fraction of sp³-hybridized carbons (Fsp3) is 0.588. The second-order valence-corrected chi connectivity index (χ2v) is 6.05. The van der Waals surface area contributed by atoms with E-state index in [4.69, 9.17) is 11.6 Å². The van der Waals surface area contributed by atoms with Crippen LogP contribution in [0.1, 0.15) is 46.0 Å². The molecule has 2 saturated heterocycles. The molecule has 2 aliphatic heterocycles. The summed E-state index contributed by atoms with van der Waals surface area (Å²) in [6.07, 6.45) is 7.79. The lowest BCUT2D eigenvalue weighted by molar-refractivity contribution is -0.105. The van der Waals surface area contributed by atoms with Crippen molar-refractivity contribution in [1.29, 1.82) is 0 Å². The Morgan fingerprint density at radius 3 is 2.10 bits per heavy atom. The Kier molecular flexibility index (Phi) is 8.40. The average molecular weight is 311 g/mol. The summed E-state index contributed by atoms with van der Waals surface area (Å²) in [5, 5.41) is 3.16. The molecule has 2 bridgehead atoms. The largest absolute Gasteiger partial charge is 0.329 e. The number of anilines is 1. The first-order chi connectivity index (χ1) is 10.1. The van der Waals surface area contributed by atoms with E-state index in [1.54, 1.807) is 24.3 Å². The third kappa shape index (κ3) is 6.06. The van der Waals surface area contributed by atoms with Gasteiger partial charge >= 0.3 is 0 Å². The van der Waals surface area contributed by atoms with E-state index >= 15 is 0 Å². The zero-order chi connectivity index (χ0) is 15.7. The quantitative estimate of drug-likeness (QED) is 0.812. The maximum absolute atomic E-state index is 9.92. The van der Waals surface area contributed by atoms with Crippen LogP contribution >= 0.6 is 11.6 Å². The van der Waals surface area contributed by atoms with Gasteiger partial charge in [-0.2, -0.15) is 0 Å². The molecule has 4 rings (SSSR count). The molecule has 21 heavy (non-hydrogen) atoms. The zero-order valence-electron chi connectivity index (χ0n) is 13.3. The van der Waals surface area contributed by atoms with Crippen molar-refractivity contribution in [2.45, 2.75) is 58.0 Å². The molecule has 1 aliphatic carbocycles. The fourth-order valence-electron chi connectivity index (χ4n) is 2.65. The van der Waals surface area contributed by atoms with Crippen molar-refractivity contribution in [2.24, 2.45) is 0 Å². The van der Waals surface area contributed by atoms with E-state index in [1.807, 2.05) is 0 Å². The molecule has 4 heteroatoms. The standard InChI is InChI=1S/C7H6ClNO.C7H13N.C3H8/c8-6-1-3-7(4-2-6)9-5-10;1-8-6-3-2-4-7(8)5-6;1-3-2/h1-5H,(H,9,10);6-7H,2-5H2,1H3;3H2,1-2H3/t;6-,7?;/m.1./s1. The Morgan fingerprint density at radius 1 is 1.24 bits per heavy atom. The van der Waals surface area contributed by atoms with E-state index in [1.165, 1.54) is 32.1 Å². The predicted molar refractivity (Wildman–Crippen MR) is 90.9 cm³/mol. The number of carbonyl (C=O) groups excluding carboxylic acids is 1. The van der Waals surface area contributed by atoms with Crippen molar-refractivity contribution in [3.63, 3.8) is 0 Å². The van der Waals surface area contributed by atoms with Crippen LogP contribution in [0, 0.1) is 0 Å². The summed E-state index contributed by atoms with van der Waals surface area (Å²) in [5.41, 5.74) is 0.749. The smallest absolute Gasteiger partial charge is 0.211 e. The molecule has 0 spiro atoms. The number of amides is 1. The maximum Gasteiger partial charge on any atom is 0.211 e. The average Bonchev–Trinajstić information content (AvgIpc) is 2.51. The second-order valence-electron chi connectivity index (χ2n) is 5.62. The van der Waals surface area contributed by atoms with Gasteiger partial charge in [-0.25, -0.2) is 0 Å². The lowest BCUT2D eigenvalue weighted by atomic mass is 9.80. The van der Waals surface area contributed by atoms with Gasteiger partial charge in [-0.3, -0.25) is 4.79 Å². The minimum atomic E-state index is 0.628. The van der Waals surface area contributed by atoms with Crippen molar-refractivity contribution >= 4 is 23.7 Å². The molecule has 0 radical (unpaired) electrons. The third-order valence-corrected chi connectivity index (χ3v) is 4.09. The number of halogens is 1. The molecule has 1 amide bonds. The molecule has 1 aromatic carbocycles. The normalized spacial score (nSPS) is 22.7. The van der Waals surface area contributed by atoms with Crippen LogP contribution in [0.25, 0.3) is 0 Å². The van der Waals surface area contributed by atoms with Gasteiger partial charge in [0.05, 0.1) is 0 Å². The molecule has 3 aliphatic rings. The number of piperidine rings is 1. The zero-order valence-corrected chi connectivity index (χ0v) is 14.1. The van der Waals surface area contributed by atoms with Crippen LogP contribution in [-0.2, 0) is 4.79 Å².